The number of rotatable bonds is 3. The number of nitrogens with one attached hydrogen (secondary N) is 1. The van der Waals surface area contributed by atoms with Gasteiger partial charge in [-0.15, -0.1) is 0 Å². The molecule has 0 atom stereocenters. The van der Waals surface area contributed by atoms with Crippen LogP contribution in [0.25, 0.3) is 10.9 Å². The number of hydrogen-bond donors (Lipinski definition) is 1. The van der Waals surface area contributed by atoms with Crippen molar-refractivity contribution in [3.63, 3.8) is 0 Å². The zero-order valence-corrected chi connectivity index (χ0v) is 11.2. The van der Waals surface area contributed by atoms with E-state index in [4.69, 9.17) is 0 Å². The number of nitrogens with zero attached hydrogens (tertiary/aromatic N) is 1. The monoisotopic (exact) mass is 242 g/mol. The van der Waals surface area contributed by atoms with Crippen LogP contribution in [0.4, 0.5) is 0 Å². The Morgan fingerprint density at radius 1 is 1.17 bits per heavy atom. The first-order valence-corrected chi connectivity index (χ1v) is 7.11. The lowest BCUT2D eigenvalue weighted by atomic mass is 9.95. The summed E-state index contributed by atoms with van der Waals surface area (Å²) in [5.74, 6) is 0. The number of para-hydroxylation sites is 1. The first-order valence-electron chi connectivity index (χ1n) is 7.11. The Kier molecular flexibility index (Phi) is 3.37. The lowest BCUT2D eigenvalue weighted by molar-refractivity contribution is 0.370. The molecule has 0 unspecified atom stereocenters. The molecule has 18 heavy (non-hydrogen) atoms. The van der Waals surface area contributed by atoms with Crippen LogP contribution in [-0.4, -0.2) is 10.6 Å². The summed E-state index contributed by atoms with van der Waals surface area (Å²) in [4.78, 5) is 0. The van der Waals surface area contributed by atoms with E-state index in [1.54, 1.807) is 0 Å². The lowest BCUT2D eigenvalue weighted by Crippen LogP contribution is -2.31. The fourth-order valence-corrected chi connectivity index (χ4v) is 3.07. The van der Waals surface area contributed by atoms with Gasteiger partial charge in [0, 0.05) is 30.8 Å². The van der Waals surface area contributed by atoms with Gasteiger partial charge in [0.15, 0.2) is 0 Å². The smallest absolute Gasteiger partial charge is 0.0480 e. The molecule has 3 rings (SSSR count). The molecule has 0 bridgehead atoms. The Morgan fingerprint density at radius 2 is 1.94 bits per heavy atom. The van der Waals surface area contributed by atoms with Gasteiger partial charge in [0.2, 0.25) is 0 Å². The summed E-state index contributed by atoms with van der Waals surface area (Å²) in [6.07, 6.45) is 6.92. The van der Waals surface area contributed by atoms with E-state index in [1.807, 2.05) is 0 Å². The van der Waals surface area contributed by atoms with Crippen LogP contribution in [0.5, 0.6) is 0 Å². The van der Waals surface area contributed by atoms with Crippen molar-refractivity contribution in [2.45, 2.75) is 44.7 Å². The van der Waals surface area contributed by atoms with E-state index >= 15 is 0 Å². The number of benzene rings is 1. The molecular formula is C16H22N2. The third kappa shape index (κ3) is 2.30. The van der Waals surface area contributed by atoms with Crippen LogP contribution in [0.3, 0.4) is 0 Å². The van der Waals surface area contributed by atoms with Crippen LogP contribution < -0.4 is 5.32 Å². The Bertz CT molecular complexity index is 521. The van der Waals surface area contributed by atoms with Gasteiger partial charge in [0.05, 0.1) is 0 Å². The molecule has 1 fully saturated rings. The van der Waals surface area contributed by atoms with E-state index < -0.39 is 0 Å². The van der Waals surface area contributed by atoms with Crippen LogP contribution in [-0.2, 0) is 13.6 Å². The van der Waals surface area contributed by atoms with E-state index in [0.717, 1.165) is 12.6 Å². The van der Waals surface area contributed by atoms with Crippen molar-refractivity contribution < 1.29 is 0 Å². The fourth-order valence-electron chi connectivity index (χ4n) is 3.07. The molecular weight excluding hydrogens is 220 g/mol. The van der Waals surface area contributed by atoms with E-state index in [-0.39, 0.29) is 0 Å². The summed E-state index contributed by atoms with van der Waals surface area (Å²) in [7, 11) is 2.17. The van der Waals surface area contributed by atoms with Crippen LogP contribution in [0.15, 0.2) is 30.3 Å². The number of fused-ring (bicyclic) bond motifs is 1. The van der Waals surface area contributed by atoms with Crippen LogP contribution in [0.2, 0.25) is 0 Å². The predicted octanol–water partition coefficient (Wildman–Crippen LogP) is 3.60. The van der Waals surface area contributed by atoms with Crippen molar-refractivity contribution in [3.05, 3.63) is 36.0 Å². The molecule has 1 heterocycles. The van der Waals surface area contributed by atoms with Gasteiger partial charge in [0.1, 0.15) is 0 Å². The SMILES string of the molecule is Cn1c(CNC2CCCCC2)cc2ccccc21. The third-order valence-electron chi connectivity index (χ3n) is 4.23. The first-order chi connectivity index (χ1) is 8.84. The van der Waals surface area contributed by atoms with Crippen molar-refractivity contribution in [2.75, 3.05) is 0 Å². The minimum atomic E-state index is 0.733. The normalized spacial score (nSPS) is 17.4. The van der Waals surface area contributed by atoms with Crippen molar-refractivity contribution in [3.8, 4) is 0 Å². The van der Waals surface area contributed by atoms with Gasteiger partial charge in [0.25, 0.3) is 0 Å². The summed E-state index contributed by atoms with van der Waals surface area (Å²) < 4.78 is 2.31. The summed E-state index contributed by atoms with van der Waals surface area (Å²) in [6.45, 7) is 0.996. The Hall–Kier alpha value is -1.28. The number of aryl methyl sites for hydroxylation is 1. The molecule has 1 saturated carbocycles. The minimum absolute atomic E-state index is 0.733. The van der Waals surface area contributed by atoms with Gasteiger partial charge in [-0.2, -0.15) is 0 Å². The standard InChI is InChI=1S/C16H22N2/c1-18-15(11-13-7-5-6-10-16(13)18)12-17-14-8-3-2-4-9-14/h5-7,10-11,14,17H,2-4,8-9,12H2,1H3. The molecule has 0 spiro atoms. The average molecular weight is 242 g/mol. The average Bonchev–Trinajstić information content (AvgIpc) is 2.75. The molecule has 0 aliphatic heterocycles. The maximum absolute atomic E-state index is 3.72. The second-order valence-electron chi connectivity index (χ2n) is 5.47. The Morgan fingerprint density at radius 3 is 2.72 bits per heavy atom. The maximum atomic E-state index is 3.72. The van der Waals surface area contributed by atoms with Crippen molar-refractivity contribution in [1.82, 2.24) is 9.88 Å². The number of aromatic nitrogens is 1. The maximum Gasteiger partial charge on any atom is 0.0480 e. The zero-order chi connectivity index (χ0) is 12.4. The number of hydrogen-bond acceptors (Lipinski definition) is 1. The van der Waals surface area contributed by atoms with E-state index in [9.17, 15) is 0 Å². The molecule has 1 N–H and O–H groups in total. The molecule has 0 radical (unpaired) electrons. The van der Waals surface area contributed by atoms with Gasteiger partial charge in [-0.1, -0.05) is 37.5 Å². The van der Waals surface area contributed by atoms with E-state index in [0.29, 0.717) is 0 Å². The van der Waals surface area contributed by atoms with Crippen LogP contribution >= 0.6 is 0 Å². The largest absolute Gasteiger partial charge is 0.346 e. The van der Waals surface area contributed by atoms with E-state index in [1.165, 1.54) is 48.7 Å². The fraction of sp³-hybridized carbons (Fsp3) is 0.500. The molecule has 96 valence electrons. The first kappa shape index (κ1) is 11.8. The second-order valence-corrected chi connectivity index (χ2v) is 5.47. The molecule has 0 saturated heterocycles. The molecule has 0 amide bonds. The second kappa shape index (κ2) is 5.15. The highest BCUT2D eigenvalue weighted by Crippen LogP contribution is 2.20. The van der Waals surface area contributed by atoms with Gasteiger partial charge < -0.3 is 9.88 Å². The minimum Gasteiger partial charge on any atom is -0.346 e. The Labute approximate surface area is 109 Å². The Balaban J connectivity index is 1.72. The van der Waals surface area contributed by atoms with Gasteiger partial charge in [-0.3, -0.25) is 0 Å². The molecule has 1 aromatic carbocycles. The molecule has 2 heteroatoms. The van der Waals surface area contributed by atoms with Crippen molar-refractivity contribution in [1.29, 1.82) is 0 Å². The molecule has 2 aromatic rings. The van der Waals surface area contributed by atoms with Crippen LogP contribution in [0, 0.1) is 0 Å². The van der Waals surface area contributed by atoms with Crippen molar-refractivity contribution >= 4 is 10.9 Å². The topological polar surface area (TPSA) is 17.0 Å². The zero-order valence-electron chi connectivity index (χ0n) is 11.2. The summed E-state index contributed by atoms with van der Waals surface area (Å²) in [6, 6.07) is 11.7. The lowest BCUT2D eigenvalue weighted by Gasteiger charge is -2.22. The highest BCUT2D eigenvalue weighted by atomic mass is 15.0. The van der Waals surface area contributed by atoms with Gasteiger partial charge >= 0.3 is 0 Å². The predicted molar refractivity (Wildman–Crippen MR) is 76.6 cm³/mol. The highest BCUT2D eigenvalue weighted by Gasteiger charge is 2.13. The van der Waals surface area contributed by atoms with Gasteiger partial charge in [-0.25, -0.2) is 0 Å². The molecule has 1 aromatic heterocycles. The molecule has 2 nitrogen and oxygen atoms in total. The quantitative estimate of drug-likeness (QED) is 0.870. The molecule has 1 aliphatic rings. The highest BCUT2D eigenvalue weighted by molar-refractivity contribution is 5.81. The summed E-state index contributed by atoms with van der Waals surface area (Å²) in [5, 5.41) is 5.07. The third-order valence-corrected chi connectivity index (χ3v) is 4.23. The van der Waals surface area contributed by atoms with E-state index in [2.05, 4.69) is 47.3 Å². The van der Waals surface area contributed by atoms with Gasteiger partial charge in [-0.05, 0) is 30.4 Å². The molecule has 1 aliphatic carbocycles. The van der Waals surface area contributed by atoms with Crippen LogP contribution in [0.1, 0.15) is 37.8 Å². The summed E-state index contributed by atoms with van der Waals surface area (Å²) >= 11 is 0. The van der Waals surface area contributed by atoms with Crippen molar-refractivity contribution in [2.24, 2.45) is 7.05 Å². The summed E-state index contributed by atoms with van der Waals surface area (Å²) in [5.41, 5.74) is 2.72.